The van der Waals surface area contributed by atoms with Crippen LogP contribution in [0.15, 0.2) is 41.8 Å². The molecule has 50 valence electrons. The van der Waals surface area contributed by atoms with Gasteiger partial charge in [-0.3, -0.25) is 0 Å². The third-order valence-corrected chi connectivity index (χ3v) is 1.47. The summed E-state index contributed by atoms with van der Waals surface area (Å²) in [5.41, 5.74) is 0.951. The average Bonchev–Trinajstić information content (AvgIpc) is 2.27. The summed E-state index contributed by atoms with van der Waals surface area (Å²) >= 11 is 0. The molecule has 0 radical (unpaired) electrons. The second-order valence-electron chi connectivity index (χ2n) is 2.21. The number of hydrogen-bond acceptors (Lipinski definition) is 2. The second-order valence-corrected chi connectivity index (χ2v) is 2.21. The summed E-state index contributed by atoms with van der Waals surface area (Å²) in [5, 5.41) is 0. The van der Waals surface area contributed by atoms with E-state index in [9.17, 15) is 0 Å². The van der Waals surface area contributed by atoms with Gasteiger partial charge < -0.3 is 4.74 Å². The molecule has 1 aliphatic carbocycles. The Morgan fingerprint density at radius 3 is 3.20 bits per heavy atom. The molecule has 0 N–H and O–H groups in total. The van der Waals surface area contributed by atoms with Gasteiger partial charge in [-0.15, -0.1) is 0 Å². The Kier molecular flexibility index (Phi) is 1.01. The third-order valence-electron chi connectivity index (χ3n) is 1.47. The second kappa shape index (κ2) is 1.84. The van der Waals surface area contributed by atoms with Crippen molar-refractivity contribution in [3.8, 4) is 0 Å². The Morgan fingerprint density at radius 2 is 2.40 bits per heavy atom. The van der Waals surface area contributed by atoms with E-state index in [4.69, 9.17) is 4.74 Å². The minimum Gasteiger partial charge on any atom is -0.464 e. The van der Waals surface area contributed by atoms with Gasteiger partial charge in [-0.1, -0.05) is 12.2 Å². The van der Waals surface area contributed by atoms with Crippen LogP contribution >= 0.6 is 0 Å². The van der Waals surface area contributed by atoms with Crippen LogP contribution in [0.5, 0.6) is 0 Å². The van der Waals surface area contributed by atoms with Crippen LogP contribution in [-0.4, -0.2) is 11.8 Å². The Bertz CT molecular complexity index is 260. The lowest BCUT2D eigenvalue weighted by Gasteiger charge is -2.06. The molecule has 0 saturated heterocycles. The van der Waals surface area contributed by atoms with Gasteiger partial charge in [0.05, 0.1) is 5.71 Å². The molecule has 0 aromatic carbocycles. The lowest BCUT2D eigenvalue weighted by molar-refractivity contribution is 0.225. The van der Waals surface area contributed by atoms with E-state index in [1.54, 1.807) is 0 Å². The fourth-order valence-electron chi connectivity index (χ4n) is 1.03. The number of hydrogen-bond donors (Lipinski definition) is 0. The van der Waals surface area contributed by atoms with E-state index in [1.807, 2.05) is 24.3 Å². The fraction of sp³-hybridized carbons (Fsp3) is 0.125. The molecule has 10 heavy (non-hydrogen) atoms. The zero-order valence-corrected chi connectivity index (χ0v) is 5.45. The van der Waals surface area contributed by atoms with E-state index in [-0.39, 0.29) is 6.10 Å². The third kappa shape index (κ3) is 0.692. The van der Waals surface area contributed by atoms with Gasteiger partial charge in [0.25, 0.3) is 0 Å². The highest BCUT2D eigenvalue weighted by molar-refractivity contribution is 6.02. The highest BCUT2D eigenvalue weighted by Crippen LogP contribution is 2.18. The number of ether oxygens (including phenoxy) is 1. The first-order valence-electron chi connectivity index (χ1n) is 3.15. The standard InChI is InChI=1S/C8H7NO/c1-6-9-7-4-2-3-5-8(7)10-6/h2-5,8H,1H2. The Morgan fingerprint density at radius 1 is 1.50 bits per heavy atom. The molecule has 2 heteroatoms. The molecule has 0 bridgehead atoms. The topological polar surface area (TPSA) is 21.6 Å². The van der Waals surface area contributed by atoms with E-state index in [0.717, 1.165) is 5.71 Å². The van der Waals surface area contributed by atoms with Gasteiger partial charge in [-0.05, 0) is 18.7 Å². The molecule has 0 aromatic heterocycles. The predicted molar refractivity (Wildman–Crippen MR) is 39.7 cm³/mol. The normalized spacial score (nSPS) is 27.8. The van der Waals surface area contributed by atoms with Gasteiger partial charge in [-0.25, -0.2) is 4.99 Å². The minimum atomic E-state index is 0.0255. The smallest absolute Gasteiger partial charge is 0.207 e. The lowest BCUT2D eigenvalue weighted by atomic mass is 10.1. The maximum Gasteiger partial charge on any atom is 0.207 e. The largest absolute Gasteiger partial charge is 0.464 e. The minimum absolute atomic E-state index is 0.0255. The number of fused-ring (bicyclic) bond motifs is 1. The van der Waals surface area contributed by atoms with Gasteiger partial charge in [0.15, 0.2) is 6.10 Å². The summed E-state index contributed by atoms with van der Waals surface area (Å²) in [6.45, 7) is 3.60. The van der Waals surface area contributed by atoms with Crippen LogP contribution < -0.4 is 0 Å². The first-order chi connectivity index (χ1) is 4.86. The number of allylic oxidation sites excluding steroid dienone is 2. The van der Waals surface area contributed by atoms with Crippen LogP contribution in [0.1, 0.15) is 0 Å². The summed E-state index contributed by atoms with van der Waals surface area (Å²) in [7, 11) is 0. The van der Waals surface area contributed by atoms with Crippen molar-refractivity contribution in [2.24, 2.45) is 4.99 Å². The van der Waals surface area contributed by atoms with Crippen LogP contribution in [-0.2, 0) is 4.74 Å². The molecular formula is C8H7NO. The monoisotopic (exact) mass is 133 g/mol. The molecule has 0 amide bonds. The summed E-state index contributed by atoms with van der Waals surface area (Å²) < 4.78 is 5.23. The molecule has 1 atom stereocenters. The molecule has 0 fully saturated rings. The van der Waals surface area contributed by atoms with Gasteiger partial charge in [0, 0.05) is 0 Å². The highest BCUT2D eigenvalue weighted by atomic mass is 16.5. The van der Waals surface area contributed by atoms with E-state index in [2.05, 4.69) is 11.6 Å². The van der Waals surface area contributed by atoms with Crippen molar-refractivity contribution in [2.75, 3.05) is 0 Å². The van der Waals surface area contributed by atoms with E-state index < -0.39 is 0 Å². The van der Waals surface area contributed by atoms with Crippen LogP contribution in [0.3, 0.4) is 0 Å². The van der Waals surface area contributed by atoms with E-state index in [0.29, 0.717) is 5.88 Å². The van der Waals surface area contributed by atoms with Crippen LogP contribution in [0.4, 0.5) is 0 Å². The van der Waals surface area contributed by atoms with E-state index >= 15 is 0 Å². The SMILES string of the molecule is C=C1N=C2C=CC=CC2O1. The van der Waals surface area contributed by atoms with Crippen molar-refractivity contribution in [3.05, 3.63) is 36.8 Å². The van der Waals surface area contributed by atoms with Gasteiger partial charge >= 0.3 is 0 Å². The average molecular weight is 133 g/mol. The summed E-state index contributed by atoms with van der Waals surface area (Å²) in [6, 6.07) is 0. The van der Waals surface area contributed by atoms with Crippen molar-refractivity contribution in [2.45, 2.75) is 6.10 Å². The molecule has 0 spiro atoms. The Balaban J connectivity index is 2.37. The highest BCUT2D eigenvalue weighted by Gasteiger charge is 2.20. The zero-order valence-electron chi connectivity index (χ0n) is 5.45. The molecule has 0 saturated carbocycles. The van der Waals surface area contributed by atoms with Gasteiger partial charge in [0.2, 0.25) is 5.88 Å². The van der Waals surface area contributed by atoms with Crippen molar-refractivity contribution >= 4 is 5.71 Å². The fourth-order valence-corrected chi connectivity index (χ4v) is 1.03. The first kappa shape index (κ1) is 5.47. The maximum atomic E-state index is 5.23. The van der Waals surface area contributed by atoms with Crippen molar-refractivity contribution in [3.63, 3.8) is 0 Å². The lowest BCUT2D eigenvalue weighted by Crippen LogP contribution is -2.14. The van der Waals surface area contributed by atoms with Crippen molar-refractivity contribution in [1.82, 2.24) is 0 Å². The van der Waals surface area contributed by atoms with Crippen LogP contribution in [0, 0.1) is 0 Å². The van der Waals surface area contributed by atoms with Crippen molar-refractivity contribution < 1.29 is 4.74 Å². The number of rotatable bonds is 0. The predicted octanol–water partition coefficient (Wildman–Crippen LogP) is 1.42. The summed E-state index contributed by atoms with van der Waals surface area (Å²) in [6.07, 6.45) is 7.80. The van der Waals surface area contributed by atoms with Crippen LogP contribution in [0.2, 0.25) is 0 Å². The Hall–Kier alpha value is -1.31. The molecule has 2 rings (SSSR count). The Labute approximate surface area is 59.2 Å². The quantitative estimate of drug-likeness (QED) is 0.489. The molecule has 1 aliphatic heterocycles. The van der Waals surface area contributed by atoms with E-state index in [1.165, 1.54) is 0 Å². The summed E-state index contributed by atoms with van der Waals surface area (Å²) in [5.74, 6) is 0.510. The first-order valence-corrected chi connectivity index (χ1v) is 3.15. The zero-order chi connectivity index (χ0) is 6.97. The number of aliphatic imine (C=N–C) groups is 1. The number of nitrogens with zero attached hydrogens (tertiary/aromatic N) is 1. The van der Waals surface area contributed by atoms with Crippen LogP contribution in [0.25, 0.3) is 0 Å². The van der Waals surface area contributed by atoms with Gasteiger partial charge in [-0.2, -0.15) is 0 Å². The molecule has 0 aromatic rings. The molecular weight excluding hydrogens is 126 g/mol. The maximum absolute atomic E-state index is 5.23. The van der Waals surface area contributed by atoms with Crippen molar-refractivity contribution in [1.29, 1.82) is 0 Å². The molecule has 1 unspecified atom stereocenters. The summed E-state index contributed by atoms with van der Waals surface area (Å²) in [4.78, 5) is 4.07. The molecule has 1 heterocycles. The van der Waals surface area contributed by atoms with Gasteiger partial charge in [0.1, 0.15) is 0 Å². The molecule has 2 aliphatic rings. The molecule has 2 nitrogen and oxygen atoms in total.